The van der Waals surface area contributed by atoms with E-state index in [9.17, 15) is 40.4 Å². The molecule has 412 valence electrons. The predicted molar refractivity (Wildman–Crippen MR) is 248 cm³/mol. The molecule has 3 aliphatic rings. The molecule has 2 aromatic rings. The fourth-order valence-electron chi connectivity index (χ4n) is 9.94. The van der Waals surface area contributed by atoms with Gasteiger partial charge < -0.3 is 38.5 Å². The molecule has 0 aromatic heterocycles. The summed E-state index contributed by atoms with van der Waals surface area (Å²) in [6.45, 7) is 1.09. The summed E-state index contributed by atoms with van der Waals surface area (Å²) in [5, 5.41) is 0. The van der Waals surface area contributed by atoms with Gasteiger partial charge in [0.1, 0.15) is 5.75 Å². The third-order valence-corrected chi connectivity index (χ3v) is 17.8. The molecular weight excluding hydrogens is 1060 g/mol. The molecule has 3 N–H and O–H groups in total. The molecule has 7 unspecified atom stereocenters. The predicted octanol–water partition coefficient (Wildman–Crippen LogP) is 12.1. The van der Waals surface area contributed by atoms with Crippen LogP contribution >= 0.6 is 37.2 Å². The lowest BCUT2D eigenvalue weighted by Crippen LogP contribution is -2.56. The molecule has 7 atom stereocenters. The Balaban J connectivity index is 1.03. The van der Waals surface area contributed by atoms with E-state index in [1.807, 2.05) is 6.07 Å². The zero-order valence-electron chi connectivity index (χ0n) is 40.2. The molecule has 3 aliphatic carbocycles. The van der Waals surface area contributed by atoms with Gasteiger partial charge in [0.05, 0.1) is 32.5 Å². The molecule has 0 heterocycles. The van der Waals surface area contributed by atoms with Crippen molar-refractivity contribution in [3.05, 3.63) is 58.2 Å². The van der Waals surface area contributed by atoms with Crippen LogP contribution in [0.25, 0.3) is 0 Å². The molecule has 13 nitrogen and oxygen atoms in total. The molecular formula is C45H63F10NO12P2S2. The second-order valence-electron chi connectivity index (χ2n) is 18.7. The highest BCUT2D eigenvalue weighted by Gasteiger charge is 2.69. The van der Waals surface area contributed by atoms with Crippen molar-refractivity contribution in [3.63, 3.8) is 0 Å². The summed E-state index contributed by atoms with van der Waals surface area (Å²) < 4.78 is 199. The lowest BCUT2D eigenvalue weighted by Gasteiger charge is -2.50. The SMILES string of the molecule is COP(=O)(O)OCC(CCCOCCSSCCCN(C)Cc1c(F)c(F)c(Oc2ccc3c(c2)CCC2C3CCC3(C)C(OCCCOC(C)(C(F)(F)F)C(F)(F)F)CCC23)c(F)c1F)COP(=O)(O)O. The molecule has 2 aromatic carbocycles. The van der Waals surface area contributed by atoms with Crippen LogP contribution in [0.4, 0.5) is 43.9 Å². The number of benzene rings is 2. The van der Waals surface area contributed by atoms with E-state index in [1.165, 1.54) is 32.6 Å². The molecule has 0 amide bonds. The molecule has 2 saturated carbocycles. The summed E-state index contributed by atoms with van der Waals surface area (Å²) in [4.78, 5) is 28.9. The van der Waals surface area contributed by atoms with Crippen LogP contribution in [-0.2, 0) is 49.9 Å². The smallest absolute Gasteiger partial charge is 0.451 e. The highest BCUT2D eigenvalue weighted by molar-refractivity contribution is 8.76. The second-order valence-corrected chi connectivity index (χ2v) is 24.2. The molecule has 0 spiro atoms. The van der Waals surface area contributed by atoms with E-state index in [0.29, 0.717) is 63.4 Å². The van der Waals surface area contributed by atoms with Gasteiger partial charge in [0, 0.05) is 49.9 Å². The fourth-order valence-corrected chi connectivity index (χ4v) is 12.8. The number of aryl methyl sites for hydroxylation is 1. The van der Waals surface area contributed by atoms with E-state index < -0.39 is 93.9 Å². The first-order chi connectivity index (χ1) is 33.6. The van der Waals surface area contributed by atoms with Gasteiger partial charge in [0.25, 0.3) is 5.60 Å². The number of hydrogen-bond acceptors (Lipinski definition) is 12. The summed E-state index contributed by atoms with van der Waals surface area (Å²) in [7, 11) is -3.47. The highest BCUT2D eigenvalue weighted by atomic mass is 33.1. The van der Waals surface area contributed by atoms with E-state index in [2.05, 4.69) is 20.7 Å². The number of phosphoric ester groups is 2. The molecule has 72 heavy (non-hydrogen) atoms. The number of rotatable bonds is 29. The minimum Gasteiger partial charge on any atom is -0.451 e. The molecule has 0 aliphatic heterocycles. The lowest BCUT2D eigenvalue weighted by atomic mass is 9.55. The molecule has 0 saturated heterocycles. The van der Waals surface area contributed by atoms with Crippen LogP contribution in [0.1, 0.15) is 94.2 Å². The average Bonchev–Trinajstić information content (AvgIpc) is 3.65. The fraction of sp³-hybridized carbons (Fsp3) is 0.733. The Labute approximate surface area is 420 Å². The number of ether oxygens (including phenoxy) is 4. The Kier molecular flexibility index (Phi) is 22.2. The summed E-state index contributed by atoms with van der Waals surface area (Å²) >= 11 is 0. The third-order valence-electron chi connectivity index (χ3n) is 13.9. The summed E-state index contributed by atoms with van der Waals surface area (Å²) in [5.41, 5.74) is -3.42. The van der Waals surface area contributed by atoms with Crippen molar-refractivity contribution in [2.75, 3.05) is 71.8 Å². The van der Waals surface area contributed by atoms with E-state index in [-0.39, 0.29) is 61.6 Å². The monoisotopic (exact) mass is 1130 g/mol. The lowest BCUT2D eigenvalue weighted by molar-refractivity contribution is -0.374. The first-order valence-electron chi connectivity index (χ1n) is 23.4. The van der Waals surface area contributed by atoms with Gasteiger partial charge in [-0.1, -0.05) is 34.6 Å². The van der Waals surface area contributed by atoms with Crippen molar-refractivity contribution in [1.82, 2.24) is 4.90 Å². The number of alkyl halides is 6. The molecule has 27 heteroatoms. The summed E-state index contributed by atoms with van der Waals surface area (Å²) in [6, 6.07) is 4.95. The zero-order chi connectivity index (χ0) is 53.3. The van der Waals surface area contributed by atoms with Gasteiger partial charge in [-0.3, -0.25) is 13.6 Å². The van der Waals surface area contributed by atoms with E-state index in [0.717, 1.165) is 43.9 Å². The third kappa shape index (κ3) is 15.9. The van der Waals surface area contributed by atoms with Gasteiger partial charge >= 0.3 is 28.0 Å². The Morgan fingerprint density at radius 3 is 2.15 bits per heavy atom. The maximum atomic E-state index is 15.5. The largest absolute Gasteiger partial charge is 0.471 e. The van der Waals surface area contributed by atoms with Gasteiger partial charge in [-0.15, -0.1) is 0 Å². The Morgan fingerprint density at radius 1 is 0.833 bits per heavy atom. The van der Waals surface area contributed by atoms with E-state index >= 15 is 17.6 Å². The molecule has 2 fully saturated rings. The first-order valence-corrected chi connectivity index (χ1v) is 28.9. The van der Waals surface area contributed by atoms with Crippen molar-refractivity contribution in [1.29, 1.82) is 0 Å². The Hall–Kier alpha value is -1.70. The van der Waals surface area contributed by atoms with Gasteiger partial charge in [-0.25, -0.2) is 17.9 Å². The quantitative estimate of drug-likeness (QED) is 0.0232. The van der Waals surface area contributed by atoms with Crippen LogP contribution in [0.2, 0.25) is 0 Å². The minimum atomic E-state index is -5.64. The number of hydrogen-bond donors (Lipinski definition) is 3. The number of nitrogens with zero attached hydrogens (tertiary/aromatic N) is 1. The van der Waals surface area contributed by atoms with Crippen molar-refractivity contribution in [2.45, 2.75) is 115 Å². The summed E-state index contributed by atoms with van der Waals surface area (Å²) in [6.07, 6.45) is -5.98. The van der Waals surface area contributed by atoms with Crippen LogP contribution < -0.4 is 4.74 Å². The molecule has 0 bridgehead atoms. The zero-order valence-corrected chi connectivity index (χ0v) is 43.6. The van der Waals surface area contributed by atoms with Crippen molar-refractivity contribution in [2.24, 2.45) is 23.2 Å². The van der Waals surface area contributed by atoms with Gasteiger partial charge in [0.2, 0.25) is 17.4 Å². The Bertz CT molecular complexity index is 2150. The van der Waals surface area contributed by atoms with Crippen molar-refractivity contribution in [3.8, 4) is 11.5 Å². The van der Waals surface area contributed by atoms with E-state index in [4.69, 9.17) is 28.5 Å². The van der Waals surface area contributed by atoms with Crippen LogP contribution in [0.5, 0.6) is 11.5 Å². The van der Waals surface area contributed by atoms with Gasteiger partial charge in [-0.05, 0) is 131 Å². The highest BCUT2D eigenvalue weighted by Crippen LogP contribution is 2.62. The van der Waals surface area contributed by atoms with E-state index in [1.54, 1.807) is 13.1 Å². The standard InChI is InChI=1S/C45H63F10NO12P2S2/c1-42-16-15-32-31-12-10-30(24-29(31)9-11-33(32)35(42)13-14-36(42)64-19-7-20-65-43(2,44(50,51)52)45(53,54)55)68-41-39(48)37(46)34(38(47)40(41)49)25-56(3)17-6-22-71-72-23-21-63-18-5-8-28(26-66-69(57,58)59)27-67-70(60,61)62-4/h10,12,24,28,32-33,35-36H,5-9,11,13-23,25-27H2,1-4H3,(H,60,61)(H2,57,58,59). The minimum absolute atomic E-state index is 0.00543. The number of phosphoric acid groups is 2. The summed E-state index contributed by atoms with van der Waals surface area (Å²) in [5.74, 6) is -6.40. The normalized spacial score (nSPS) is 22.9. The van der Waals surface area contributed by atoms with Gasteiger partial charge in [0.15, 0.2) is 11.6 Å². The van der Waals surface area contributed by atoms with Crippen molar-refractivity contribution < 1.29 is 100 Å². The number of fused-ring (bicyclic) bond motifs is 5. The van der Waals surface area contributed by atoms with Crippen molar-refractivity contribution >= 4 is 37.2 Å². The maximum absolute atomic E-state index is 15.5. The van der Waals surface area contributed by atoms with Crippen LogP contribution in [-0.4, -0.2) is 115 Å². The average molecular weight is 1130 g/mol. The maximum Gasteiger partial charge on any atom is 0.471 e. The van der Waals surface area contributed by atoms with Gasteiger partial charge in [-0.2, -0.15) is 35.1 Å². The molecule has 5 rings (SSSR count). The second kappa shape index (κ2) is 26.1. The van der Waals surface area contributed by atoms with Crippen LogP contribution in [0.3, 0.4) is 0 Å². The topological polar surface area (TPSA) is 163 Å². The van der Waals surface area contributed by atoms with Crippen LogP contribution in [0.15, 0.2) is 18.2 Å². The number of halogens is 10. The molecule has 0 radical (unpaired) electrons. The van der Waals surface area contributed by atoms with Crippen LogP contribution in [0, 0.1) is 46.4 Å². The first kappa shape index (κ1) is 61.2. The Morgan fingerprint density at radius 2 is 1.50 bits per heavy atom.